The molecule has 1 saturated heterocycles. The van der Waals surface area contributed by atoms with E-state index in [1.165, 1.54) is 0 Å². The molecule has 1 N–H and O–H groups in total. The predicted octanol–water partition coefficient (Wildman–Crippen LogP) is 1.54. The third kappa shape index (κ3) is 4.35. The van der Waals surface area contributed by atoms with Crippen molar-refractivity contribution in [3.8, 4) is 5.75 Å². The Morgan fingerprint density at radius 2 is 2.17 bits per heavy atom. The Morgan fingerprint density at radius 3 is 2.96 bits per heavy atom. The molecule has 0 bridgehead atoms. The third-order valence-electron chi connectivity index (χ3n) is 4.23. The number of aliphatic hydroxyl groups excluding tert-OH is 1. The van der Waals surface area contributed by atoms with Crippen molar-refractivity contribution in [3.05, 3.63) is 48.5 Å². The lowest BCUT2D eigenvalue weighted by Crippen LogP contribution is -2.26. The van der Waals surface area contributed by atoms with Crippen molar-refractivity contribution < 1.29 is 14.6 Å². The van der Waals surface area contributed by atoms with Crippen LogP contribution in [-0.2, 0) is 17.8 Å². The smallest absolute Gasteiger partial charge is 0.123 e. The number of likely N-dealkylation sites (tertiary alicyclic amines) is 1. The highest BCUT2D eigenvalue weighted by atomic mass is 16.5. The number of rotatable bonds is 8. The van der Waals surface area contributed by atoms with E-state index in [0.717, 1.165) is 30.9 Å². The topological polar surface area (TPSA) is 59.8 Å². The first-order chi connectivity index (χ1) is 11.8. The van der Waals surface area contributed by atoms with Gasteiger partial charge in [0, 0.05) is 44.2 Å². The number of aliphatic hydroxyl groups is 1. The van der Waals surface area contributed by atoms with Crippen molar-refractivity contribution >= 4 is 0 Å². The first kappa shape index (κ1) is 17.0. The van der Waals surface area contributed by atoms with Gasteiger partial charge in [0.25, 0.3) is 0 Å². The molecule has 0 spiro atoms. The number of aromatic nitrogens is 2. The van der Waals surface area contributed by atoms with Gasteiger partial charge in [-0.05, 0) is 13.0 Å². The first-order valence-corrected chi connectivity index (χ1v) is 8.44. The second-order valence-corrected chi connectivity index (χ2v) is 6.01. The van der Waals surface area contributed by atoms with E-state index in [4.69, 9.17) is 9.47 Å². The van der Waals surface area contributed by atoms with Gasteiger partial charge in [-0.3, -0.25) is 4.90 Å². The van der Waals surface area contributed by atoms with E-state index >= 15 is 0 Å². The maximum atomic E-state index is 10.1. The molecule has 0 aliphatic carbocycles. The number of hydrogen-bond acceptors (Lipinski definition) is 5. The van der Waals surface area contributed by atoms with Crippen molar-refractivity contribution in [2.24, 2.45) is 0 Å². The molecule has 6 heteroatoms. The van der Waals surface area contributed by atoms with Gasteiger partial charge in [-0.15, -0.1) is 0 Å². The van der Waals surface area contributed by atoms with E-state index in [2.05, 4.69) is 16.0 Å². The van der Waals surface area contributed by atoms with E-state index in [0.29, 0.717) is 19.8 Å². The van der Waals surface area contributed by atoms with Crippen molar-refractivity contribution in [1.82, 2.24) is 14.5 Å². The Kier molecular flexibility index (Phi) is 5.85. The molecular formula is C18H25N3O3. The maximum absolute atomic E-state index is 10.1. The second-order valence-electron chi connectivity index (χ2n) is 6.01. The predicted molar refractivity (Wildman–Crippen MR) is 90.9 cm³/mol. The summed E-state index contributed by atoms with van der Waals surface area (Å²) in [6, 6.07) is 8.07. The lowest BCUT2D eigenvalue weighted by Gasteiger charge is -2.18. The van der Waals surface area contributed by atoms with Gasteiger partial charge in [0.15, 0.2) is 0 Å². The standard InChI is InChI=1S/C18H25N3O3/c1-2-23-18-13-21(12-16(18)22)11-15-5-3-4-6-17(15)24-10-9-20-8-7-19-14-20/h3-8,14,16,18,22H,2,9-13H2,1H3/t16-,18-/m1/s1. The van der Waals surface area contributed by atoms with Crippen LogP contribution in [0.2, 0.25) is 0 Å². The second kappa shape index (κ2) is 8.28. The van der Waals surface area contributed by atoms with Crippen LogP contribution < -0.4 is 4.74 Å². The number of nitrogens with zero attached hydrogens (tertiary/aromatic N) is 3. The van der Waals surface area contributed by atoms with Crippen LogP contribution in [0, 0.1) is 0 Å². The number of β-amino-alcohol motifs (C(OH)–C–C–N with tert-alkyl or cyclic N) is 1. The van der Waals surface area contributed by atoms with Crippen LogP contribution in [0.25, 0.3) is 0 Å². The molecule has 1 fully saturated rings. The minimum atomic E-state index is -0.417. The van der Waals surface area contributed by atoms with E-state index in [1.54, 1.807) is 12.5 Å². The van der Waals surface area contributed by atoms with E-state index in [1.807, 2.05) is 35.9 Å². The molecule has 0 radical (unpaired) electrons. The summed E-state index contributed by atoms with van der Waals surface area (Å²) < 4.78 is 13.5. The maximum Gasteiger partial charge on any atom is 0.123 e. The fourth-order valence-corrected chi connectivity index (χ4v) is 3.04. The molecule has 0 amide bonds. The van der Waals surface area contributed by atoms with Crippen LogP contribution in [0.4, 0.5) is 0 Å². The van der Waals surface area contributed by atoms with Gasteiger partial charge in [0.1, 0.15) is 12.4 Å². The molecule has 2 heterocycles. The Hall–Kier alpha value is -1.89. The van der Waals surface area contributed by atoms with Gasteiger partial charge in [0.05, 0.1) is 25.1 Å². The number of ether oxygens (including phenoxy) is 2. The van der Waals surface area contributed by atoms with Gasteiger partial charge >= 0.3 is 0 Å². The molecule has 1 aromatic heterocycles. The van der Waals surface area contributed by atoms with Crippen LogP contribution in [0.3, 0.4) is 0 Å². The van der Waals surface area contributed by atoms with Gasteiger partial charge in [-0.1, -0.05) is 18.2 Å². The molecule has 2 aromatic rings. The van der Waals surface area contributed by atoms with Crippen LogP contribution in [-0.4, -0.2) is 58.1 Å². The molecular weight excluding hydrogens is 306 g/mol. The van der Waals surface area contributed by atoms with Crippen LogP contribution in [0.1, 0.15) is 12.5 Å². The summed E-state index contributed by atoms with van der Waals surface area (Å²) in [6.45, 7) is 6.08. The zero-order valence-corrected chi connectivity index (χ0v) is 14.0. The summed E-state index contributed by atoms with van der Waals surface area (Å²) in [6.07, 6.45) is 4.97. The average molecular weight is 331 g/mol. The summed E-state index contributed by atoms with van der Waals surface area (Å²) in [5.74, 6) is 0.895. The number of imidazole rings is 1. The molecule has 1 aliphatic rings. The third-order valence-corrected chi connectivity index (χ3v) is 4.23. The van der Waals surface area contributed by atoms with Crippen LogP contribution >= 0.6 is 0 Å². The minimum absolute atomic E-state index is 0.0932. The highest BCUT2D eigenvalue weighted by molar-refractivity contribution is 5.33. The highest BCUT2D eigenvalue weighted by Crippen LogP contribution is 2.23. The number of para-hydroxylation sites is 1. The highest BCUT2D eigenvalue weighted by Gasteiger charge is 2.31. The van der Waals surface area contributed by atoms with E-state index in [-0.39, 0.29) is 6.10 Å². The molecule has 1 aromatic carbocycles. The van der Waals surface area contributed by atoms with Crippen molar-refractivity contribution in [1.29, 1.82) is 0 Å². The lowest BCUT2D eigenvalue weighted by molar-refractivity contribution is -0.00245. The number of hydrogen-bond donors (Lipinski definition) is 1. The molecule has 0 unspecified atom stereocenters. The summed E-state index contributed by atoms with van der Waals surface area (Å²) in [5, 5.41) is 10.1. The fraction of sp³-hybridized carbons (Fsp3) is 0.500. The van der Waals surface area contributed by atoms with Gasteiger partial charge in [-0.2, -0.15) is 0 Å². The Morgan fingerprint density at radius 1 is 1.29 bits per heavy atom. The summed E-state index contributed by atoms with van der Waals surface area (Å²) >= 11 is 0. The molecule has 6 nitrogen and oxygen atoms in total. The van der Waals surface area contributed by atoms with Crippen molar-refractivity contribution in [2.75, 3.05) is 26.3 Å². The zero-order chi connectivity index (χ0) is 16.8. The van der Waals surface area contributed by atoms with E-state index < -0.39 is 6.10 Å². The largest absolute Gasteiger partial charge is 0.491 e. The van der Waals surface area contributed by atoms with Gasteiger partial charge in [-0.25, -0.2) is 4.98 Å². The monoisotopic (exact) mass is 331 g/mol. The zero-order valence-electron chi connectivity index (χ0n) is 14.0. The Balaban J connectivity index is 1.56. The SMILES string of the molecule is CCO[C@@H]1CN(Cc2ccccc2OCCn2ccnc2)C[C@H]1O. The molecule has 0 saturated carbocycles. The summed E-state index contributed by atoms with van der Waals surface area (Å²) in [4.78, 5) is 6.24. The minimum Gasteiger partial charge on any atom is -0.491 e. The normalized spacial score (nSPS) is 21.2. The van der Waals surface area contributed by atoms with Gasteiger partial charge in [0.2, 0.25) is 0 Å². The molecule has 3 rings (SSSR count). The van der Waals surface area contributed by atoms with Crippen LogP contribution in [0.15, 0.2) is 43.0 Å². The summed E-state index contributed by atoms with van der Waals surface area (Å²) in [7, 11) is 0. The molecule has 130 valence electrons. The van der Waals surface area contributed by atoms with Crippen molar-refractivity contribution in [2.45, 2.75) is 32.2 Å². The molecule has 24 heavy (non-hydrogen) atoms. The Labute approximate surface area is 142 Å². The van der Waals surface area contributed by atoms with Gasteiger partial charge < -0.3 is 19.1 Å². The Bertz CT molecular complexity index is 618. The quantitative estimate of drug-likeness (QED) is 0.795. The average Bonchev–Trinajstić information content (AvgIpc) is 3.20. The van der Waals surface area contributed by atoms with E-state index in [9.17, 15) is 5.11 Å². The first-order valence-electron chi connectivity index (χ1n) is 8.44. The van der Waals surface area contributed by atoms with Crippen molar-refractivity contribution in [3.63, 3.8) is 0 Å². The van der Waals surface area contributed by atoms with Crippen LogP contribution in [0.5, 0.6) is 5.75 Å². The fourth-order valence-electron chi connectivity index (χ4n) is 3.04. The number of benzene rings is 1. The molecule has 1 aliphatic heterocycles. The summed E-state index contributed by atoms with van der Waals surface area (Å²) in [5.41, 5.74) is 1.13. The molecule has 2 atom stereocenters. The lowest BCUT2D eigenvalue weighted by atomic mass is 10.2.